The monoisotopic (exact) mass is 276 g/mol. The standard InChI is InChI=1S/C10H13FN2O4S/c1-6-10(7(2)17-12-6)13-4-8(3-9(13)14)5-18(11,15)16/h8H,3-5H2,1-2H3. The number of aryl methyl sites for hydroxylation is 2. The molecule has 0 saturated carbocycles. The molecule has 1 atom stereocenters. The van der Waals surface area contributed by atoms with Crippen LogP contribution in [0.15, 0.2) is 4.52 Å². The summed E-state index contributed by atoms with van der Waals surface area (Å²) in [4.78, 5) is 13.2. The molecule has 1 unspecified atom stereocenters. The van der Waals surface area contributed by atoms with Gasteiger partial charge in [0.1, 0.15) is 11.4 Å². The molecule has 100 valence electrons. The molecular weight excluding hydrogens is 263 g/mol. The van der Waals surface area contributed by atoms with E-state index in [9.17, 15) is 17.1 Å². The van der Waals surface area contributed by atoms with Gasteiger partial charge < -0.3 is 9.42 Å². The molecular formula is C10H13FN2O4S. The van der Waals surface area contributed by atoms with Crippen molar-refractivity contribution in [3.63, 3.8) is 0 Å². The predicted molar refractivity (Wildman–Crippen MR) is 61.3 cm³/mol. The van der Waals surface area contributed by atoms with Crippen molar-refractivity contribution >= 4 is 21.8 Å². The minimum Gasteiger partial charge on any atom is -0.359 e. The van der Waals surface area contributed by atoms with E-state index >= 15 is 0 Å². The lowest BCUT2D eigenvalue weighted by Gasteiger charge is -2.15. The van der Waals surface area contributed by atoms with Crippen molar-refractivity contribution in [1.29, 1.82) is 0 Å². The second-order valence-electron chi connectivity index (χ2n) is 4.45. The van der Waals surface area contributed by atoms with Gasteiger partial charge in [0.2, 0.25) is 5.91 Å². The van der Waals surface area contributed by atoms with Gasteiger partial charge >= 0.3 is 10.2 Å². The van der Waals surface area contributed by atoms with Crippen LogP contribution in [0.2, 0.25) is 0 Å². The summed E-state index contributed by atoms with van der Waals surface area (Å²) in [6, 6.07) is 0. The van der Waals surface area contributed by atoms with Gasteiger partial charge in [-0.25, -0.2) is 0 Å². The van der Waals surface area contributed by atoms with Crippen LogP contribution >= 0.6 is 0 Å². The number of carbonyl (C=O) groups is 1. The number of hydrogen-bond acceptors (Lipinski definition) is 5. The molecule has 1 fully saturated rings. The molecule has 8 heteroatoms. The lowest BCUT2D eigenvalue weighted by Crippen LogP contribution is -2.26. The molecule has 1 aliphatic rings. The van der Waals surface area contributed by atoms with Crippen LogP contribution in [0.3, 0.4) is 0 Å². The first-order valence-corrected chi connectivity index (χ1v) is 6.99. The second kappa shape index (κ2) is 4.34. The number of amides is 1. The first-order valence-electron chi connectivity index (χ1n) is 5.43. The zero-order chi connectivity index (χ0) is 13.5. The summed E-state index contributed by atoms with van der Waals surface area (Å²) in [5, 5.41) is 3.73. The Morgan fingerprint density at radius 2 is 2.17 bits per heavy atom. The van der Waals surface area contributed by atoms with E-state index in [1.165, 1.54) is 4.90 Å². The topological polar surface area (TPSA) is 80.5 Å². The molecule has 0 radical (unpaired) electrons. The molecule has 1 aliphatic heterocycles. The molecule has 18 heavy (non-hydrogen) atoms. The number of rotatable bonds is 3. The van der Waals surface area contributed by atoms with E-state index in [2.05, 4.69) is 5.16 Å². The highest BCUT2D eigenvalue weighted by atomic mass is 32.3. The average Bonchev–Trinajstić information content (AvgIpc) is 2.68. The number of nitrogens with zero attached hydrogens (tertiary/aromatic N) is 2. The summed E-state index contributed by atoms with van der Waals surface area (Å²) in [7, 11) is -4.56. The van der Waals surface area contributed by atoms with E-state index in [1.54, 1.807) is 13.8 Å². The fourth-order valence-electron chi connectivity index (χ4n) is 2.25. The Morgan fingerprint density at radius 3 is 2.67 bits per heavy atom. The van der Waals surface area contributed by atoms with E-state index in [1.807, 2.05) is 0 Å². The summed E-state index contributed by atoms with van der Waals surface area (Å²) in [6.07, 6.45) is 0.0210. The summed E-state index contributed by atoms with van der Waals surface area (Å²) in [5.41, 5.74) is 1.11. The number of aromatic nitrogens is 1. The molecule has 0 aliphatic carbocycles. The van der Waals surface area contributed by atoms with Crippen molar-refractivity contribution in [3.8, 4) is 0 Å². The third kappa shape index (κ3) is 2.53. The Labute approximate surface area is 104 Å². The van der Waals surface area contributed by atoms with E-state index in [0.717, 1.165) is 0 Å². The fourth-order valence-corrected chi connectivity index (χ4v) is 3.04. The minimum absolute atomic E-state index is 0.0210. The van der Waals surface area contributed by atoms with Crippen LogP contribution < -0.4 is 4.90 Å². The molecule has 0 N–H and O–H groups in total. The van der Waals surface area contributed by atoms with Gasteiger partial charge in [0.15, 0.2) is 5.76 Å². The summed E-state index contributed by atoms with van der Waals surface area (Å²) < 4.78 is 38.8. The first kappa shape index (κ1) is 13.0. The molecule has 2 rings (SSSR count). The maximum Gasteiger partial charge on any atom is 0.302 e. The summed E-state index contributed by atoms with van der Waals surface area (Å²) in [5.74, 6) is -0.901. The first-order chi connectivity index (χ1) is 8.28. The number of anilines is 1. The molecule has 1 aromatic rings. The van der Waals surface area contributed by atoms with E-state index in [-0.39, 0.29) is 18.9 Å². The molecule has 1 aromatic heterocycles. The van der Waals surface area contributed by atoms with Gasteiger partial charge in [-0.1, -0.05) is 5.16 Å². The zero-order valence-corrected chi connectivity index (χ0v) is 10.8. The van der Waals surface area contributed by atoms with Crippen LogP contribution in [0.4, 0.5) is 9.57 Å². The van der Waals surface area contributed by atoms with Crippen molar-refractivity contribution in [3.05, 3.63) is 11.5 Å². The molecule has 0 spiro atoms. The van der Waals surface area contributed by atoms with Gasteiger partial charge in [0, 0.05) is 18.9 Å². The van der Waals surface area contributed by atoms with Crippen molar-refractivity contribution in [2.24, 2.45) is 5.92 Å². The number of halogens is 1. The average molecular weight is 276 g/mol. The lowest BCUT2D eigenvalue weighted by molar-refractivity contribution is -0.117. The Hall–Kier alpha value is -1.44. The Morgan fingerprint density at radius 1 is 1.50 bits per heavy atom. The van der Waals surface area contributed by atoms with Gasteiger partial charge in [-0.3, -0.25) is 4.79 Å². The highest BCUT2D eigenvalue weighted by molar-refractivity contribution is 7.86. The number of hydrogen-bond donors (Lipinski definition) is 0. The SMILES string of the molecule is Cc1noc(C)c1N1CC(CS(=O)(=O)F)CC1=O. The Balaban J connectivity index is 2.20. The summed E-state index contributed by atoms with van der Waals surface area (Å²) >= 11 is 0. The third-order valence-corrected chi connectivity index (χ3v) is 3.78. The quantitative estimate of drug-likeness (QED) is 0.768. The molecule has 0 aromatic carbocycles. The van der Waals surface area contributed by atoms with Gasteiger partial charge in [-0.05, 0) is 13.8 Å². The van der Waals surface area contributed by atoms with Crippen LogP contribution in [-0.4, -0.2) is 31.8 Å². The third-order valence-electron chi connectivity index (χ3n) is 2.91. The largest absolute Gasteiger partial charge is 0.359 e. The van der Waals surface area contributed by atoms with E-state index in [0.29, 0.717) is 17.1 Å². The second-order valence-corrected chi connectivity index (χ2v) is 5.86. The van der Waals surface area contributed by atoms with Gasteiger partial charge in [0.05, 0.1) is 5.75 Å². The van der Waals surface area contributed by atoms with Crippen LogP contribution in [0.1, 0.15) is 17.9 Å². The smallest absolute Gasteiger partial charge is 0.302 e. The normalized spacial score (nSPS) is 20.7. The predicted octanol–water partition coefficient (Wildman–Crippen LogP) is 0.944. The maximum atomic E-state index is 12.6. The minimum atomic E-state index is -4.56. The molecule has 1 saturated heterocycles. The zero-order valence-electron chi connectivity index (χ0n) is 10.0. The lowest BCUT2D eigenvalue weighted by atomic mass is 10.1. The Bertz CT molecular complexity index is 561. The van der Waals surface area contributed by atoms with Gasteiger partial charge in [-0.15, -0.1) is 3.89 Å². The van der Waals surface area contributed by atoms with Crippen molar-refractivity contribution in [2.45, 2.75) is 20.3 Å². The van der Waals surface area contributed by atoms with Crippen molar-refractivity contribution in [2.75, 3.05) is 17.2 Å². The molecule has 1 amide bonds. The van der Waals surface area contributed by atoms with Gasteiger partial charge in [-0.2, -0.15) is 8.42 Å². The molecule has 0 bridgehead atoms. The fraction of sp³-hybridized carbons (Fsp3) is 0.600. The highest BCUT2D eigenvalue weighted by Gasteiger charge is 2.36. The van der Waals surface area contributed by atoms with Gasteiger partial charge in [0.25, 0.3) is 0 Å². The Kier molecular flexibility index (Phi) is 3.14. The highest BCUT2D eigenvalue weighted by Crippen LogP contribution is 2.31. The van der Waals surface area contributed by atoms with Crippen molar-refractivity contribution < 1.29 is 21.6 Å². The number of carbonyl (C=O) groups excluding carboxylic acids is 1. The van der Waals surface area contributed by atoms with Crippen LogP contribution in [0.25, 0.3) is 0 Å². The van der Waals surface area contributed by atoms with E-state index < -0.39 is 21.9 Å². The molecule has 6 nitrogen and oxygen atoms in total. The summed E-state index contributed by atoms with van der Waals surface area (Å²) in [6.45, 7) is 3.53. The maximum absolute atomic E-state index is 12.6. The van der Waals surface area contributed by atoms with Crippen LogP contribution in [-0.2, 0) is 15.0 Å². The molecule has 2 heterocycles. The van der Waals surface area contributed by atoms with Crippen LogP contribution in [0, 0.1) is 19.8 Å². The van der Waals surface area contributed by atoms with Crippen molar-refractivity contribution in [1.82, 2.24) is 5.16 Å². The van der Waals surface area contributed by atoms with Crippen LogP contribution in [0.5, 0.6) is 0 Å². The van der Waals surface area contributed by atoms with E-state index in [4.69, 9.17) is 4.52 Å².